The monoisotopic (exact) mass is 380 g/mol. The van der Waals surface area contributed by atoms with Crippen molar-refractivity contribution in [2.45, 2.75) is 19.0 Å². The molecule has 5 nitrogen and oxygen atoms in total. The number of anilines is 1. The van der Waals surface area contributed by atoms with Crippen molar-refractivity contribution in [1.29, 1.82) is 0 Å². The minimum absolute atomic E-state index is 0.206. The summed E-state index contributed by atoms with van der Waals surface area (Å²) in [6.45, 7) is 3.91. The maximum atomic E-state index is 9.51. The Morgan fingerprint density at radius 3 is 2.59 bits per heavy atom. The number of rotatable bonds is 6. The van der Waals surface area contributed by atoms with Gasteiger partial charge in [-0.25, -0.2) is 0 Å². The summed E-state index contributed by atoms with van der Waals surface area (Å²) < 4.78 is 0. The summed E-state index contributed by atoms with van der Waals surface area (Å²) in [4.78, 5) is 6.13. The van der Waals surface area contributed by atoms with Crippen LogP contribution in [0.25, 0.3) is 11.3 Å². The summed E-state index contributed by atoms with van der Waals surface area (Å²) in [6.07, 6.45) is 0.775. The highest BCUT2D eigenvalue weighted by Gasteiger charge is 2.27. The van der Waals surface area contributed by atoms with E-state index in [4.69, 9.17) is 0 Å². The van der Waals surface area contributed by atoms with Crippen LogP contribution in [0.1, 0.15) is 11.3 Å². The number of piperazine rings is 1. The fraction of sp³-hybridized carbons (Fsp3) is 0.333. The zero-order chi connectivity index (χ0) is 18.5. The van der Waals surface area contributed by atoms with Crippen LogP contribution in [-0.2, 0) is 6.54 Å². The van der Waals surface area contributed by atoms with Crippen LogP contribution in [0.5, 0.6) is 0 Å². The minimum Gasteiger partial charge on any atom is -0.396 e. The van der Waals surface area contributed by atoms with Gasteiger partial charge >= 0.3 is 0 Å². The van der Waals surface area contributed by atoms with Gasteiger partial charge in [0, 0.05) is 49.3 Å². The van der Waals surface area contributed by atoms with Crippen LogP contribution in [0.15, 0.2) is 60.0 Å². The van der Waals surface area contributed by atoms with Crippen LogP contribution >= 0.6 is 11.3 Å². The molecule has 1 N–H and O–H groups in total. The molecule has 1 aliphatic heterocycles. The second-order valence-corrected chi connectivity index (χ2v) is 7.84. The fourth-order valence-corrected chi connectivity index (χ4v) is 4.32. The van der Waals surface area contributed by atoms with Gasteiger partial charge in [0.15, 0.2) is 5.82 Å². The van der Waals surface area contributed by atoms with Gasteiger partial charge in [-0.15, -0.1) is 21.5 Å². The topological polar surface area (TPSA) is 52.5 Å². The molecule has 3 heterocycles. The summed E-state index contributed by atoms with van der Waals surface area (Å²) in [5, 5.41) is 20.5. The average Bonchev–Trinajstić information content (AvgIpc) is 3.23. The van der Waals surface area contributed by atoms with Crippen LogP contribution in [0, 0.1) is 0 Å². The van der Waals surface area contributed by atoms with Gasteiger partial charge in [-0.1, -0.05) is 36.4 Å². The second kappa shape index (κ2) is 8.61. The van der Waals surface area contributed by atoms with E-state index in [2.05, 4.69) is 43.6 Å². The summed E-state index contributed by atoms with van der Waals surface area (Å²) in [5.41, 5.74) is 1.97. The Kier molecular flexibility index (Phi) is 5.77. The molecule has 1 aliphatic rings. The van der Waals surface area contributed by atoms with E-state index >= 15 is 0 Å². The lowest BCUT2D eigenvalue weighted by Gasteiger charge is -2.41. The average molecular weight is 381 g/mol. The molecule has 0 bridgehead atoms. The molecule has 2 aromatic heterocycles. The van der Waals surface area contributed by atoms with E-state index in [0.717, 1.165) is 49.7 Å². The van der Waals surface area contributed by atoms with Gasteiger partial charge in [0.05, 0.1) is 5.69 Å². The largest absolute Gasteiger partial charge is 0.396 e. The molecule has 1 aromatic carbocycles. The molecular formula is C21H24N4OS. The maximum Gasteiger partial charge on any atom is 0.151 e. The third kappa shape index (κ3) is 4.35. The standard InChI is InChI=1S/C21H24N4OS/c26-13-10-18-15-25(12-11-24(18)16-19-7-4-14-27-19)21-9-8-20(22-23-21)17-5-2-1-3-6-17/h1-9,14,18,26H,10-13,15-16H2/t18-/m0/s1. The Morgan fingerprint density at radius 1 is 1.00 bits per heavy atom. The highest BCUT2D eigenvalue weighted by Crippen LogP contribution is 2.23. The highest BCUT2D eigenvalue weighted by molar-refractivity contribution is 7.09. The molecule has 6 heteroatoms. The number of nitrogens with zero attached hydrogens (tertiary/aromatic N) is 4. The van der Waals surface area contributed by atoms with Crippen molar-refractivity contribution in [3.05, 3.63) is 64.9 Å². The summed E-state index contributed by atoms with van der Waals surface area (Å²) >= 11 is 1.79. The summed E-state index contributed by atoms with van der Waals surface area (Å²) in [6, 6.07) is 18.8. The Hall–Kier alpha value is -2.28. The molecule has 0 unspecified atom stereocenters. The molecule has 140 valence electrons. The normalized spacial score (nSPS) is 18.0. The molecule has 1 fully saturated rings. The van der Waals surface area contributed by atoms with Crippen molar-refractivity contribution in [2.24, 2.45) is 0 Å². The van der Waals surface area contributed by atoms with E-state index in [1.807, 2.05) is 36.4 Å². The first-order valence-electron chi connectivity index (χ1n) is 9.35. The van der Waals surface area contributed by atoms with Crippen molar-refractivity contribution in [3.8, 4) is 11.3 Å². The smallest absolute Gasteiger partial charge is 0.151 e. The SMILES string of the molecule is OCC[C@H]1CN(c2ccc(-c3ccccc3)nn2)CCN1Cc1cccs1. The number of aromatic nitrogens is 2. The van der Waals surface area contributed by atoms with Crippen LogP contribution in [0.4, 0.5) is 5.82 Å². The Morgan fingerprint density at radius 2 is 1.89 bits per heavy atom. The van der Waals surface area contributed by atoms with E-state index in [1.54, 1.807) is 11.3 Å². The van der Waals surface area contributed by atoms with Gasteiger partial charge in [-0.3, -0.25) is 4.90 Å². The van der Waals surface area contributed by atoms with Crippen molar-refractivity contribution in [3.63, 3.8) is 0 Å². The van der Waals surface area contributed by atoms with Crippen molar-refractivity contribution >= 4 is 17.2 Å². The van der Waals surface area contributed by atoms with Crippen molar-refractivity contribution in [2.75, 3.05) is 31.1 Å². The van der Waals surface area contributed by atoms with E-state index in [9.17, 15) is 5.11 Å². The van der Waals surface area contributed by atoms with E-state index in [0.29, 0.717) is 6.04 Å². The molecule has 0 spiro atoms. The zero-order valence-corrected chi connectivity index (χ0v) is 16.1. The molecule has 0 aliphatic carbocycles. The van der Waals surface area contributed by atoms with Gasteiger partial charge in [0.25, 0.3) is 0 Å². The quantitative estimate of drug-likeness (QED) is 0.711. The number of benzene rings is 1. The molecule has 1 atom stereocenters. The number of hydrogen-bond donors (Lipinski definition) is 1. The predicted molar refractivity (Wildman–Crippen MR) is 110 cm³/mol. The molecule has 1 saturated heterocycles. The minimum atomic E-state index is 0.206. The van der Waals surface area contributed by atoms with Crippen LogP contribution in [-0.4, -0.2) is 52.5 Å². The number of aliphatic hydroxyl groups excluding tert-OH is 1. The maximum absolute atomic E-state index is 9.51. The Labute approximate surface area is 163 Å². The summed E-state index contributed by atoms with van der Waals surface area (Å²) in [7, 11) is 0. The predicted octanol–water partition coefficient (Wildman–Crippen LogP) is 3.28. The number of hydrogen-bond acceptors (Lipinski definition) is 6. The molecule has 0 radical (unpaired) electrons. The second-order valence-electron chi connectivity index (χ2n) is 6.80. The van der Waals surface area contributed by atoms with Crippen LogP contribution in [0.3, 0.4) is 0 Å². The molecule has 0 saturated carbocycles. The number of thiophene rings is 1. The third-order valence-electron chi connectivity index (χ3n) is 5.05. The molecule has 3 aromatic rings. The highest BCUT2D eigenvalue weighted by atomic mass is 32.1. The van der Waals surface area contributed by atoms with Gasteiger partial charge in [0.2, 0.25) is 0 Å². The first-order valence-corrected chi connectivity index (χ1v) is 10.2. The Balaban J connectivity index is 1.45. The third-order valence-corrected chi connectivity index (χ3v) is 5.91. The number of aliphatic hydroxyl groups is 1. The van der Waals surface area contributed by atoms with Crippen molar-refractivity contribution in [1.82, 2.24) is 15.1 Å². The van der Waals surface area contributed by atoms with Gasteiger partial charge in [-0.05, 0) is 30.0 Å². The van der Waals surface area contributed by atoms with Gasteiger partial charge in [-0.2, -0.15) is 0 Å². The van der Waals surface area contributed by atoms with Gasteiger partial charge < -0.3 is 10.0 Å². The van der Waals surface area contributed by atoms with E-state index in [1.165, 1.54) is 4.88 Å². The lowest BCUT2D eigenvalue weighted by molar-refractivity contribution is 0.136. The zero-order valence-electron chi connectivity index (χ0n) is 15.2. The first-order chi connectivity index (χ1) is 13.3. The van der Waals surface area contributed by atoms with Gasteiger partial charge in [0.1, 0.15) is 0 Å². The molecule has 0 amide bonds. The molecular weight excluding hydrogens is 356 g/mol. The lowest BCUT2D eigenvalue weighted by Crippen LogP contribution is -2.53. The molecule has 27 heavy (non-hydrogen) atoms. The molecule has 4 rings (SSSR count). The lowest BCUT2D eigenvalue weighted by atomic mass is 10.1. The van der Waals surface area contributed by atoms with E-state index in [-0.39, 0.29) is 6.61 Å². The van der Waals surface area contributed by atoms with Crippen LogP contribution in [0.2, 0.25) is 0 Å². The fourth-order valence-electron chi connectivity index (χ4n) is 3.59. The first kappa shape index (κ1) is 18.1. The van der Waals surface area contributed by atoms with Crippen LogP contribution < -0.4 is 4.90 Å². The van der Waals surface area contributed by atoms with E-state index < -0.39 is 0 Å². The summed E-state index contributed by atoms with van der Waals surface area (Å²) in [5.74, 6) is 0.911. The Bertz CT molecular complexity index is 823. The van der Waals surface area contributed by atoms with Crippen molar-refractivity contribution < 1.29 is 5.11 Å².